The number of nitrogens with one attached hydrogen (secondary N) is 1. The van der Waals surface area contributed by atoms with Crippen LogP contribution in [0.4, 0.5) is 0 Å². The summed E-state index contributed by atoms with van der Waals surface area (Å²) >= 11 is 3.73. The number of aromatic nitrogens is 2. The summed E-state index contributed by atoms with van der Waals surface area (Å²) in [4.78, 5) is 0. The Morgan fingerprint density at radius 2 is 2.00 bits per heavy atom. The molecule has 0 aliphatic heterocycles. The standard InChI is InChI=1S/C16H28BrN3/c1-4-14-16(17)15(20(5-2)19-14)11-18-12(3)13-9-7-6-8-10-13/h12-13,18H,4-11H2,1-3H3/t12-/m0/s1. The second-order valence-corrected chi connectivity index (χ2v) is 6.74. The average molecular weight is 342 g/mol. The third kappa shape index (κ3) is 3.64. The summed E-state index contributed by atoms with van der Waals surface area (Å²) in [5.41, 5.74) is 2.47. The molecular formula is C16H28BrN3. The van der Waals surface area contributed by atoms with Gasteiger partial charge in [-0.25, -0.2) is 0 Å². The van der Waals surface area contributed by atoms with Gasteiger partial charge in [0.15, 0.2) is 0 Å². The highest BCUT2D eigenvalue weighted by atomic mass is 79.9. The quantitative estimate of drug-likeness (QED) is 0.836. The highest BCUT2D eigenvalue weighted by molar-refractivity contribution is 9.10. The van der Waals surface area contributed by atoms with Crippen molar-refractivity contribution < 1.29 is 0 Å². The SMILES string of the molecule is CCc1nn(CC)c(CN[C@@H](C)C2CCCCC2)c1Br. The van der Waals surface area contributed by atoms with Crippen LogP contribution in [0, 0.1) is 5.92 Å². The zero-order valence-corrected chi connectivity index (χ0v) is 14.7. The Bertz CT molecular complexity index is 422. The fourth-order valence-corrected chi connectivity index (χ4v) is 3.95. The first-order valence-electron chi connectivity index (χ1n) is 8.14. The molecule has 2 rings (SSSR count). The zero-order valence-electron chi connectivity index (χ0n) is 13.1. The van der Waals surface area contributed by atoms with E-state index in [-0.39, 0.29) is 0 Å². The maximum absolute atomic E-state index is 4.67. The molecule has 1 aromatic rings. The van der Waals surface area contributed by atoms with E-state index in [2.05, 4.69) is 51.8 Å². The van der Waals surface area contributed by atoms with Gasteiger partial charge in [0.05, 0.1) is 15.9 Å². The maximum Gasteiger partial charge on any atom is 0.0767 e. The van der Waals surface area contributed by atoms with E-state index in [0.29, 0.717) is 6.04 Å². The van der Waals surface area contributed by atoms with Crippen LogP contribution in [-0.4, -0.2) is 15.8 Å². The van der Waals surface area contributed by atoms with Crippen LogP contribution in [0.3, 0.4) is 0 Å². The second-order valence-electron chi connectivity index (χ2n) is 5.94. The van der Waals surface area contributed by atoms with Gasteiger partial charge in [-0.1, -0.05) is 26.2 Å². The summed E-state index contributed by atoms with van der Waals surface area (Å²) in [6.07, 6.45) is 8.02. The number of hydrogen-bond donors (Lipinski definition) is 1. The minimum absolute atomic E-state index is 0.604. The van der Waals surface area contributed by atoms with Gasteiger partial charge in [-0.3, -0.25) is 4.68 Å². The fraction of sp³-hybridized carbons (Fsp3) is 0.812. The Labute approximate surface area is 131 Å². The molecule has 0 unspecified atom stereocenters. The van der Waals surface area contributed by atoms with Crippen molar-refractivity contribution in [2.75, 3.05) is 0 Å². The summed E-state index contributed by atoms with van der Waals surface area (Å²) in [5, 5.41) is 8.40. The van der Waals surface area contributed by atoms with E-state index >= 15 is 0 Å². The highest BCUT2D eigenvalue weighted by Gasteiger charge is 2.21. The molecule has 1 saturated carbocycles. The lowest BCUT2D eigenvalue weighted by Crippen LogP contribution is -2.34. The molecule has 4 heteroatoms. The van der Waals surface area contributed by atoms with E-state index < -0.39 is 0 Å². The van der Waals surface area contributed by atoms with Crippen molar-refractivity contribution in [1.29, 1.82) is 0 Å². The third-order valence-corrected chi connectivity index (χ3v) is 5.56. The van der Waals surface area contributed by atoms with Crippen LogP contribution < -0.4 is 5.32 Å². The summed E-state index contributed by atoms with van der Waals surface area (Å²) in [6.45, 7) is 8.52. The third-order valence-electron chi connectivity index (χ3n) is 4.64. The van der Waals surface area contributed by atoms with Crippen molar-refractivity contribution in [2.45, 2.75) is 78.4 Å². The Kier molecular flexibility index (Phi) is 6.09. The smallest absolute Gasteiger partial charge is 0.0767 e. The summed E-state index contributed by atoms with van der Waals surface area (Å²) in [7, 11) is 0. The molecule has 0 amide bonds. The van der Waals surface area contributed by atoms with Gasteiger partial charge in [0.25, 0.3) is 0 Å². The molecule has 0 radical (unpaired) electrons. The number of nitrogens with zero attached hydrogens (tertiary/aromatic N) is 2. The monoisotopic (exact) mass is 341 g/mol. The van der Waals surface area contributed by atoms with Gasteiger partial charge >= 0.3 is 0 Å². The number of halogens is 1. The Morgan fingerprint density at radius 3 is 2.60 bits per heavy atom. The fourth-order valence-electron chi connectivity index (χ4n) is 3.24. The molecule has 3 nitrogen and oxygen atoms in total. The number of aryl methyl sites for hydroxylation is 2. The average Bonchev–Trinajstić information content (AvgIpc) is 2.81. The second kappa shape index (κ2) is 7.60. The van der Waals surface area contributed by atoms with Crippen molar-refractivity contribution in [1.82, 2.24) is 15.1 Å². The van der Waals surface area contributed by atoms with Crippen LogP contribution in [0.25, 0.3) is 0 Å². The molecule has 114 valence electrons. The van der Waals surface area contributed by atoms with E-state index in [1.807, 2.05) is 0 Å². The molecule has 0 aromatic carbocycles. The zero-order chi connectivity index (χ0) is 14.5. The molecule has 1 heterocycles. The van der Waals surface area contributed by atoms with Crippen molar-refractivity contribution in [3.05, 3.63) is 15.9 Å². The lowest BCUT2D eigenvalue weighted by Gasteiger charge is -2.28. The van der Waals surface area contributed by atoms with Gasteiger partial charge in [-0.15, -0.1) is 0 Å². The predicted molar refractivity (Wildman–Crippen MR) is 87.9 cm³/mol. The molecule has 1 N–H and O–H groups in total. The molecule has 1 atom stereocenters. The van der Waals surface area contributed by atoms with Gasteiger partial charge in [0.2, 0.25) is 0 Å². The van der Waals surface area contributed by atoms with Crippen LogP contribution >= 0.6 is 15.9 Å². The van der Waals surface area contributed by atoms with Gasteiger partial charge in [-0.05, 0) is 55.0 Å². The van der Waals surface area contributed by atoms with Crippen LogP contribution in [0.2, 0.25) is 0 Å². The largest absolute Gasteiger partial charge is 0.308 e. The topological polar surface area (TPSA) is 29.9 Å². The van der Waals surface area contributed by atoms with Gasteiger partial charge < -0.3 is 5.32 Å². The Morgan fingerprint density at radius 1 is 1.30 bits per heavy atom. The minimum Gasteiger partial charge on any atom is -0.308 e. The van der Waals surface area contributed by atoms with Crippen LogP contribution in [0.1, 0.15) is 64.3 Å². The first-order chi connectivity index (χ1) is 9.67. The van der Waals surface area contributed by atoms with Gasteiger partial charge in [0.1, 0.15) is 0 Å². The summed E-state index contributed by atoms with van der Waals surface area (Å²) in [5.74, 6) is 0.853. The van der Waals surface area contributed by atoms with Crippen LogP contribution in [0.5, 0.6) is 0 Å². The molecule has 0 saturated heterocycles. The highest BCUT2D eigenvalue weighted by Crippen LogP contribution is 2.27. The molecule has 20 heavy (non-hydrogen) atoms. The van der Waals surface area contributed by atoms with Crippen LogP contribution in [0.15, 0.2) is 4.47 Å². The van der Waals surface area contributed by atoms with E-state index in [1.165, 1.54) is 48.0 Å². The summed E-state index contributed by atoms with van der Waals surface area (Å²) < 4.78 is 3.33. The van der Waals surface area contributed by atoms with E-state index in [4.69, 9.17) is 0 Å². The number of rotatable bonds is 6. The first-order valence-corrected chi connectivity index (χ1v) is 8.94. The lowest BCUT2D eigenvalue weighted by atomic mass is 9.84. The maximum atomic E-state index is 4.67. The van der Waals surface area contributed by atoms with Gasteiger partial charge in [0, 0.05) is 19.1 Å². The lowest BCUT2D eigenvalue weighted by molar-refractivity contribution is 0.279. The predicted octanol–water partition coefficient (Wildman–Crippen LogP) is 4.29. The molecule has 0 bridgehead atoms. The van der Waals surface area contributed by atoms with E-state index in [1.54, 1.807) is 0 Å². The molecular weight excluding hydrogens is 314 g/mol. The first kappa shape index (κ1) is 16.0. The van der Waals surface area contributed by atoms with Crippen LogP contribution in [-0.2, 0) is 19.5 Å². The van der Waals surface area contributed by atoms with Crippen molar-refractivity contribution in [3.8, 4) is 0 Å². The normalized spacial score (nSPS) is 18.4. The summed E-state index contributed by atoms with van der Waals surface area (Å²) in [6, 6.07) is 0.604. The Hall–Kier alpha value is -0.350. The molecule has 1 aliphatic carbocycles. The Balaban J connectivity index is 1.97. The number of hydrogen-bond acceptors (Lipinski definition) is 2. The van der Waals surface area contributed by atoms with Crippen molar-refractivity contribution in [2.24, 2.45) is 5.92 Å². The van der Waals surface area contributed by atoms with Gasteiger partial charge in [-0.2, -0.15) is 5.10 Å². The molecule has 0 spiro atoms. The van der Waals surface area contributed by atoms with Crippen molar-refractivity contribution >= 4 is 15.9 Å². The minimum atomic E-state index is 0.604. The molecule has 1 aromatic heterocycles. The van der Waals surface area contributed by atoms with E-state index in [9.17, 15) is 0 Å². The van der Waals surface area contributed by atoms with E-state index in [0.717, 1.165) is 25.4 Å². The van der Waals surface area contributed by atoms with Crippen molar-refractivity contribution in [3.63, 3.8) is 0 Å². The molecule has 1 aliphatic rings. The molecule has 1 fully saturated rings.